The van der Waals surface area contributed by atoms with Gasteiger partial charge >= 0.3 is 0 Å². The van der Waals surface area contributed by atoms with E-state index < -0.39 is 0 Å². The van der Waals surface area contributed by atoms with Crippen LogP contribution < -0.4 is 0 Å². The molecule has 0 aliphatic rings. The number of hydrogen-bond acceptors (Lipinski definition) is 0. The summed E-state index contributed by atoms with van der Waals surface area (Å²) in [4.78, 5) is 0. The normalized spacial score (nSPS) is 11.6. The molecule has 0 unspecified atom stereocenters. The molecular formula is C72H52. The molecule has 0 saturated heterocycles. The zero-order valence-electron chi connectivity index (χ0n) is 41.1. The lowest BCUT2D eigenvalue weighted by Gasteiger charge is -2.23. The van der Waals surface area contributed by atoms with Crippen LogP contribution in [0.5, 0.6) is 0 Å². The van der Waals surface area contributed by atoms with Gasteiger partial charge in [0.2, 0.25) is 0 Å². The summed E-state index contributed by atoms with van der Waals surface area (Å²) in [6, 6.07) is 91.4. The highest BCUT2D eigenvalue weighted by atomic mass is 14.3. The monoisotopic (exact) mass is 916 g/mol. The Kier molecular flexibility index (Phi) is 10.5. The number of fused-ring (bicyclic) bond motifs is 6. The van der Waals surface area contributed by atoms with Crippen molar-refractivity contribution >= 4 is 53.9 Å². The SMILES string of the molecule is Cc1cc(C)cc(-c2cccc(-c3c4ccc(-c5ccccc5)cc4c(-c4cccc(-c5cc(C)cc(C)c5)c4)c4cc5c(cc34)c(-c3ccccc3)c(-c3ccc4ccccc4c3)c3ccccc35)c2)c1. The Bertz CT molecular complexity index is 4250. The third-order valence-electron chi connectivity index (χ3n) is 14.9. The van der Waals surface area contributed by atoms with Gasteiger partial charge in [-0.25, -0.2) is 0 Å². The zero-order chi connectivity index (χ0) is 48.5. The first-order valence-corrected chi connectivity index (χ1v) is 25.2. The van der Waals surface area contributed by atoms with Crippen molar-refractivity contribution in [1.29, 1.82) is 0 Å². The summed E-state index contributed by atoms with van der Waals surface area (Å²) in [7, 11) is 0. The highest BCUT2D eigenvalue weighted by Crippen LogP contribution is 2.51. The van der Waals surface area contributed by atoms with Crippen molar-refractivity contribution in [2.45, 2.75) is 27.7 Å². The predicted molar refractivity (Wildman–Crippen MR) is 311 cm³/mol. The van der Waals surface area contributed by atoms with Crippen LogP contribution in [0, 0.1) is 27.7 Å². The summed E-state index contributed by atoms with van der Waals surface area (Å²) in [6.07, 6.45) is 0. The van der Waals surface area contributed by atoms with Gasteiger partial charge < -0.3 is 0 Å². The largest absolute Gasteiger partial charge is 0.0622 e. The second kappa shape index (κ2) is 17.5. The topological polar surface area (TPSA) is 0 Å². The molecule has 0 N–H and O–H groups in total. The molecule has 0 fully saturated rings. The average Bonchev–Trinajstić information content (AvgIpc) is 3.41. The van der Waals surface area contributed by atoms with E-state index in [1.165, 1.54) is 154 Å². The zero-order valence-corrected chi connectivity index (χ0v) is 41.1. The standard InChI is InChI=1S/C72H52/c1-45-33-46(2)36-59(35-45)53-23-15-25-56(40-53)69-63-32-31-55(49-17-7-5-8-18-49)42-65(63)70(57-26-16-24-54(41-57)60-37-47(3)34-48(4)38-60)67-43-64-61-27-13-14-28-62(61)72(58-30-29-50-19-11-12-22-52(50)39-58)71(66(64)44-68(67)69)51-20-9-6-10-21-51/h5-44H,1-4H3. The van der Waals surface area contributed by atoms with Gasteiger partial charge in [-0.1, -0.05) is 229 Å². The second-order valence-electron chi connectivity index (χ2n) is 20.0. The Morgan fingerprint density at radius 2 is 0.569 bits per heavy atom. The lowest BCUT2D eigenvalue weighted by Crippen LogP contribution is -1.96. The molecule has 0 heterocycles. The molecule has 13 rings (SSSR count). The van der Waals surface area contributed by atoms with Gasteiger partial charge in [0.15, 0.2) is 0 Å². The van der Waals surface area contributed by atoms with Gasteiger partial charge in [-0.15, -0.1) is 0 Å². The summed E-state index contributed by atoms with van der Waals surface area (Å²) < 4.78 is 0. The van der Waals surface area contributed by atoms with Gasteiger partial charge in [0.25, 0.3) is 0 Å². The van der Waals surface area contributed by atoms with Crippen LogP contribution >= 0.6 is 0 Å². The van der Waals surface area contributed by atoms with Crippen molar-refractivity contribution in [3.63, 3.8) is 0 Å². The lowest BCUT2D eigenvalue weighted by molar-refractivity contribution is 1.38. The molecule has 0 aliphatic heterocycles. The van der Waals surface area contributed by atoms with Gasteiger partial charge in [-0.05, 0) is 196 Å². The van der Waals surface area contributed by atoms with E-state index in [1.807, 2.05) is 0 Å². The molecule has 0 spiro atoms. The van der Waals surface area contributed by atoms with E-state index in [2.05, 4.69) is 270 Å². The van der Waals surface area contributed by atoms with E-state index in [0.717, 1.165) is 0 Å². The Hall–Kier alpha value is -8.84. The fourth-order valence-corrected chi connectivity index (χ4v) is 11.9. The minimum Gasteiger partial charge on any atom is -0.0622 e. The first kappa shape index (κ1) is 43.2. The van der Waals surface area contributed by atoms with E-state index in [4.69, 9.17) is 0 Å². The maximum atomic E-state index is 2.56. The minimum atomic E-state index is 1.20. The molecule has 0 nitrogen and oxygen atoms in total. The van der Waals surface area contributed by atoms with Crippen LogP contribution in [0.25, 0.3) is 132 Å². The van der Waals surface area contributed by atoms with Crippen molar-refractivity contribution < 1.29 is 0 Å². The van der Waals surface area contributed by atoms with Crippen LogP contribution in [0.4, 0.5) is 0 Å². The van der Waals surface area contributed by atoms with Crippen molar-refractivity contribution in [2.75, 3.05) is 0 Å². The molecule has 13 aromatic carbocycles. The van der Waals surface area contributed by atoms with E-state index in [9.17, 15) is 0 Å². The molecule has 0 atom stereocenters. The van der Waals surface area contributed by atoms with Crippen LogP contribution in [0.1, 0.15) is 22.3 Å². The smallest absolute Gasteiger partial charge is 0.00201 e. The molecule has 0 aromatic heterocycles. The van der Waals surface area contributed by atoms with Crippen LogP contribution in [0.3, 0.4) is 0 Å². The number of rotatable bonds is 7. The molecule has 0 amide bonds. The Labute approximate surface area is 422 Å². The fraction of sp³-hybridized carbons (Fsp3) is 0.0556. The molecule has 0 saturated carbocycles. The molecule has 340 valence electrons. The van der Waals surface area contributed by atoms with Crippen LogP contribution in [-0.2, 0) is 0 Å². The lowest BCUT2D eigenvalue weighted by atomic mass is 9.80. The first-order valence-electron chi connectivity index (χ1n) is 25.2. The van der Waals surface area contributed by atoms with Crippen LogP contribution in [-0.4, -0.2) is 0 Å². The summed E-state index contributed by atoms with van der Waals surface area (Å²) in [5, 5.41) is 12.3. The third kappa shape index (κ3) is 7.56. The molecule has 72 heavy (non-hydrogen) atoms. The van der Waals surface area contributed by atoms with E-state index in [0.29, 0.717) is 0 Å². The highest BCUT2D eigenvalue weighted by molar-refractivity contribution is 6.29. The Balaban J connectivity index is 1.22. The second-order valence-corrected chi connectivity index (χ2v) is 20.0. The van der Waals surface area contributed by atoms with Gasteiger partial charge in [-0.3, -0.25) is 0 Å². The fourth-order valence-electron chi connectivity index (χ4n) is 11.9. The third-order valence-corrected chi connectivity index (χ3v) is 14.9. The number of benzene rings is 13. The summed E-state index contributed by atoms with van der Waals surface area (Å²) in [5.41, 5.74) is 22.1. The van der Waals surface area contributed by atoms with Gasteiger partial charge in [0.1, 0.15) is 0 Å². The summed E-state index contributed by atoms with van der Waals surface area (Å²) in [6.45, 7) is 8.80. The molecule has 0 radical (unpaired) electrons. The predicted octanol–water partition coefficient (Wildman–Crippen LogP) is 20.4. The van der Waals surface area contributed by atoms with Crippen molar-refractivity contribution in [2.24, 2.45) is 0 Å². The number of aryl methyl sites for hydroxylation is 4. The van der Waals surface area contributed by atoms with E-state index in [-0.39, 0.29) is 0 Å². The molecular weight excluding hydrogens is 865 g/mol. The molecule has 0 heteroatoms. The number of hydrogen-bond donors (Lipinski definition) is 0. The molecule has 0 bridgehead atoms. The highest BCUT2D eigenvalue weighted by Gasteiger charge is 2.24. The van der Waals surface area contributed by atoms with Gasteiger partial charge in [0, 0.05) is 0 Å². The average molecular weight is 917 g/mol. The Morgan fingerprint density at radius 1 is 0.167 bits per heavy atom. The van der Waals surface area contributed by atoms with Gasteiger partial charge in [-0.2, -0.15) is 0 Å². The van der Waals surface area contributed by atoms with E-state index >= 15 is 0 Å². The maximum absolute atomic E-state index is 2.56. The molecule has 13 aromatic rings. The minimum absolute atomic E-state index is 1.20. The maximum Gasteiger partial charge on any atom is -0.00201 e. The quantitative estimate of drug-likeness (QED) is 0.110. The van der Waals surface area contributed by atoms with E-state index in [1.54, 1.807) is 0 Å². The molecule has 0 aliphatic carbocycles. The van der Waals surface area contributed by atoms with Gasteiger partial charge in [0.05, 0.1) is 0 Å². The Morgan fingerprint density at radius 3 is 1.19 bits per heavy atom. The van der Waals surface area contributed by atoms with Crippen molar-refractivity contribution in [3.05, 3.63) is 265 Å². The van der Waals surface area contributed by atoms with Crippen molar-refractivity contribution in [1.82, 2.24) is 0 Å². The summed E-state index contributed by atoms with van der Waals surface area (Å²) in [5.74, 6) is 0. The van der Waals surface area contributed by atoms with Crippen molar-refractivity contribution in [3.8, 4) is 77.9 Å². The van der Waals surface area contributed by atoms with Crippen LogP contribution in [0.2, 0.25) is 0 Å². The summed E-state index contributed by atoms with van der Waals surface area (Å²) >= 11 is 0. The van der Waals surface area contributed by atoms with Crippen LogP contribution in [0.15, 0.2) is 243 Å². The first-order chi connectivity index (χ1) is 35.3.